The summed E-state index contributed by atoms with van der Waals surface area (Å²) in [6, 6.07) is 9.67. The summed E-state index contributed by atoms with van der Waals surface area (Å²) in [6.45, 7) is 0.619. The van der Waals surface area contributed by atoms with Crippen molar-refractivity contribution in [1.29, 1.82) is 0 Å². The van der Waals surface area contributed by atoms with Gasteiger partial charge in [0.1, 0.15) is 11.6 Å². The maximum absolute atomic E-state index is 13.7. The molecular weight excluding hydrogens is 422 g/mol. The third-order valence-electron chi connectivity index (χ3n) is 6.46. The van der Waals surface area contributed by atoms with E-state index in [-0.39, 0.29) is 11.6 Å². The number of aromatic nitrogens is 2. The topological polar surface area (TPSA) is 73.1 Å². The monoisotopic (exact) mass is 452 g/mol. The van der Waals surface area contributed by atoms with Gasteiger partial charge < -0.3 is 15.8 Å². The summed E-state index contributed by atoms with van der Waals surface area (Å²) in [6.07, 6.45) is 10.2. The fourth-order valence-electron chi connectivity index (χ4n) is 4.57. The standard InChI is InChI=1S/C26H30F2N4O/c1-33-25-11-10-24-26(32-25)19(12-14-31-24)16-23(29)17-4-7-21(8-5-17)30-13-2-3-18-15-20(27)6-9-22(18)28/h2-3,6,9-12,14-15,17,21,23,30H,4-5,7-8,13,16,29H2,1H3. The van der Waals surface area contributed by atoms with E-state index in [1.54, 1.807) is 13.2 Å². The molecule has 174 valence electrons. The maximum Gasteiger partial charge on any atom is 0.213 e. The van der Waals surface area contributed by atoms with Crippen LogP contribution in [0.15, 0.2) is 48.7 Å². The molecule has 3 N–H and O–H groups in total. The molecule has 1 saturated carbocycles. The minimum atomic E-state index is -0.437. The summed E-state index contributed by atoms with van der Waals surface area (Å²) >= 11 is 0. The Bertz CT molecular complexity index is 1110. The molecule has 0 bridgehead atoms. The predicted octanol–water partition coefficient (Wildman–Crippen LogP) is 4.65. The van der Waals surface area contributed by atoms with Gasteiger partial charge in [0.25, 0.3) is 0 Å². The van der Waals surface area contributed by atoms with Crippen LogP contribution >= 0.6 is 0 Å². The number of hydrogen-bond donors (Lipinski definition) is 2. The lowest BCUT2D eigenvalue weighted by molar-refractivity contribution is 0.261. The second-order valence-electron chi connectivity index (χ2n) is 8.65. The number of rotatable bonds is 8. The van der Waals surface area contributed by atoms with E-state index in [0.717, 1.165) is 60.8 Å². The first kappa shape index (κ1) is 23.3. The van der Waals surface area contributed by atoms with Gasteiger partial charge in [-0.3, -0.25) is 4.98 Å². The number of methoxy groups -OCH3 is 1. The van der Waals surface area contributed by atoms with E-state index in [0.29, 0.717) is 24.4 Å². The zero-order valence-electron chi connectivity index (χ0n) is 18.8. The van der Waals surface area contributed by atoms with Crippen LogP contribution in [0.2, 0.25) is 0 Å². The molecule has 2 aromatic heterocycles. The molecule has 0 aliphatic heterocycles. The van der Waals surface area contributed by atoms with Gasteiger partial charge in [0.15, 0.2) is 0 Å². The van der Waals surface area contributed by atoms with E-state index in [1.165, 1.54) is 6.07 Å². The van der Waals surface area contributed by atoms with Gasteiger partial charge in [-0.15, -0.1) is 0 Å². The molecule has 33 heavy (non-hydrogen) atoms. The highest BCUT2D eigenvalue weighted by Gasteiger charge is 2.26. The Kier molecular flexibility index (Phi) is 7.62. The first-order valence-electron chi connectivity index (χ1n) is 11.4. The van der Waals surface area contributed by atoms with Crippen LogP contribution in [-0.4, -0.2) is 35.7 Å². The summed E-state index contributed by atoms with van der Waals surface area (Å²) < 4.78 is 32.2. The number of benzene rings is 1. The smallest absolute Gasteiger partial charge is 0.213 e. The Morgan fingerprint density at radius 2 is 1.97 bits per heavy atom. The molecule has 1 unspecified atom stereocenters. The first-order chi connectivity index (χ1) is 16.0. The second kappa shape index (κ2) is 10.8. The largest absolute Gasteiger partial charge is 0.481 e. The minimum Gasteiger partial charge on any atom is -0.481 e. The van der Waals surface area contributed by atoms with Crippen LogP contribution in [0.3, 0.4) is 0 Å². The van der Waals surface area contributed by atoms with E-state index in [9.17, 15) is 8.78 Å². The molecule has 1 aliphatic rings. The van der Waals surface area contributed by atoms with Gasteiger partial charge in [-0.25, -0.2) is 13.8 Å². The first-order valence-corrected chi connectivity index (χ1v) is 11.4. The van der Waals surface area contributed by atoms with Crippen LogP contribution in [0.5, 0.6) is 5.88 Å². The van der Waals surface area contributed by atoms with Crippen molar-refractivity contribution in [2.75, 3.05) is 13.7 Å². The van der Waals surface area contributed by atoms with Gasteiger partial charge in [0.2, 0.25) is 5.88 Å². The summed E-state index contributed by atoms with van der Waals surface area (Å²) in [5, 5.41) is 3.50. The molecule has 7 heteroatoms. The fourth-order valence-corrected chi connectivity index (χ4v) is 4.57. The van der Waals surface area contributed by atoms with Crippen molar-refractivity contribution >= 4 is 17.1 Å². The number of pyridine rings is 2. The highest BCUT2D eigenvalue weighted by atomic mass is 19.1. The van der Waals surface area contributed by atoms with Crippen LogP contribution in [0.25, 0.3) is 17.1 Å². The van der Waals surface area contributed by atoms with Gasteiger partial charge >= 0.3 is 0 Å². The molecule has 0 amide bonds. The van der Waals surface area contributed by atoms with E-state index in [4.69, 9.17) is 10.5 Å². The number of ether oxygens (including phenoxy) is 1. The lowest BCUT2D eigenvalue weighted by Crippen LogP contribution is -2.39. The van der Waals surface area contributed by atoms with Gasteiger partial charge in [0.05, 0.1) is 18.1 Å². The van der Waals surface area contributed by atoms with E-state index < -0.39 is 11.6 Å². The molecule has 1 atom stereocenters. The van der Waals surface area contributed by atoms with Crippen molar-refractivity contribution in [1.82, 2.24) is 15.3 Å². The van der Waals surface area contributed by atoms with Crippen molar-refractivity contribution in [3.05, 3.63) is 71.4 Å². The molecule has 2 heterocycles. The highest BCUT2D eigenvalue weighted by molar-refractivity contribution is 5.78. The summed E-state index contributed by atoms with van der Waals surface area (Å²) in [5.74, 6) is 0.172. The maximum atomic E-state index is 13.7. The zero-order valence-corrected chi connectivity index (χ0v) is 18.8. The van der Waals surface area contributed by atoms with Gasteiger partial charge in [-0.1, -0.05) is 12.2 Å². The normalized spacial score (nSPS) is 19.8. The zero-order chi connectivity index (χ0) is 23.2. The number of nitrogens with one attached hydrogen (secondary N) is 1. The lowest BCUT2D eigenvalue weighted by Gasteiger charge is -2.32. The second-order valence-corrected chi connectivity index (χ2v) is 8.65. The van der Waals surface area contributed by atoms with Crippen molar-refractivity contribution < 1.29 is 13.5 Å². The number of nitrogens with two attached hydrogens (primary N) is 1. The van der Waals surface area contributed by atoms with Crippen molar-refractivity contribution in [2.24, 2.45) is 11.7 Å². The molecular formula is C26H30F2N4O. The molecule has 1 aliphatic carbocycles. The summed E-state index contributed by atoms with van der Waals surface area (Å²) in [4.78, 5) is 8.98. The number of hydrogen-bond acceptors (Lipinski definition) is 5. The summed E-state index contributed by atoms with van der Waals surface area (Å²) in [5.41, 5.74) is 9.69. The van der Waals surface area contributed by atoms with Crippen LogP contribution in [0, 0.1) is 17.6 Å². The highest BCUT2D eigenvalue weighted by Crippen LogP contribution is 2.29. The molecule has 0 radical (unpaired) electrons. The van der Waals surface area contributed by atoms with Gasteiger partial charge in [0, 0.05) is 36.5 Å². The molecule has 0 spiro atoms. The van der Waals surface area contributed by atoms with E-state index >= 15 is 0 Å². The van der Waals surface area contributed by atoms with Crippen LogP contribution in [0.4, 0.5) is 8.78 Å². The Morgan fingerprint density at radius 1 is 1.15 bits per heavy atom. The lowest BCUT2D eigenvalue weighted by atomic mass is 9.80. The summed E-state index contributed by atoms with van der Waals surface area (Å²) in [7, 11) is 1.61. The number of halogens is 2. The van der Waals surface area contributed by atoms with Crippen molar-refractivity contribution in [3.8, 4) is 5.88 Å². The molecule has 0 saturated heterocycles. The predicted molar refractivity (Wildman–Crippen MR) is 127 cm³/mol. The molecule has 5 nitrogen and oxygen atoms in total. The quantitative estimate of drug-likeness (QED) is 0.521. The Morgan fingerprint density at radius 3 is 2.76 bits per heavy atom. The molecule has 3 aromatic rings. The Balaban J connectivity index is 1.27. The average molecular weight is 453 g/mol. The van der Waals surface area contributed by atoms with Crippen LogP contribution in [0.1, 0.15) is 36.8 Å². The van der Waals surface area contributed by atoms with E-state index in [2.05, 4.69) is 15.3 Å². The van der Waals surface area contributed by atoms with Gasteiger partial charge in [-0.05, 0) is 73.9 Å². The third kappa shape index (κ3) is 5.92. The SMILES string of the molecule is COc1ccc2nccc(CC(N)C3CCC(NCC=Cc4cc(F)ccc4F)CC3)c2n1. The van der Waals surface area contributed by atoms with Crippen molar-refractivity contribution in [3.63, 3.8) is 0 Å². The number of nitrogens with zero attached hydrogens (tertiary/aromatic N) is 2. The minimum absolute atomic E-state index is 0.0559. The molecule has 1 aromatic carbocycles. The van der Waals surface area contributed by atoms with Crippen LogP contribution < -0.4 is 15.8 Å². The van der Waals surface area contributed by atoms with Crippen LogP contribution in [-0.2, 0) is 6.42 Å². The van der Waals surface area contributed by atoms with Crippen molar-refractivity contribution in [2.45, 2.75) is 44.2 Å². The third-order valence-corrected chi connectivity index (χ3v) is 6.46. The molecule has 1 fully saturated rings. The number of fused-ring (bicyclic) bond motifs is 1. The Labute approximate surface area is 193 Å². The average Bonchev–Trinajstić information content (AvgIpc) is 2.84. The Hall–Kier alpha value is -2.90. The van der Waals surface area contributed by atoms with E-state index in [1.807, 2.05) is 30.5 Å². The van der Waals surface area contributed by atoms with Gasteiger partial charge in [-0.2, -0.15) is 0 Å². The fraction of sp³-hybridized carbons (Fsp3) is 0.385. The molecule has 4 rings (SSSR count).